The van der Waals surface area contributed by atoms with Crippen LogP contribution < -0.4 is 4.74 Å². The highest BCUT2D eigenvalue weighted by Gasteiger charge is 2.15. The number of halogens is 2. The van der Waals surface area contributed by atoms with Gasteiger partial charge in [-0.2, -0.15) is 0 Å². The first-order valence-corrected chi connectivity index (χ1v) is 8.07. The predicted molar refractivity (Wildman–Crippen MR) is 93.0 cm³/mol. The van der Waals surface area contributed by atoms with Crippen LogP contribution in [0.15, 0.2) is 42.5 Å². The van der Waals surface area contributed by atoms with Crippen molar-refractivity contribution in [1.29, 1.82) is 0 Å². The molecule has 0 bridgehead atoms. The smallest absolute Gasteiger partial charge is 0.343 e. The van der Waals surface area contributed by atoms with Crippen molar-refractivity contribution in [2.45, 2.75) is 13.8 Å². The fourth-order valence-corrected chi connectivity index (χ4v) is 2.13. The summed E-state index contributed by atoms with van der Waals surface area (Å²) in [5, 5.41) is 0.661. The molecule has 126 valence electrons. The van der Waals surface area contributed by atoms with E-state index in [2.05, 4.69) is 0 Å². The van der Waals surface area contributed by atoms with Crippen molar-refractivity contribution in [2.75, 3.05) is 6.61 Å². The summed E-state index contributed by atoms with van der Waals surface area (Å²) in [7, 11) is 0. The molecule has 0 radical (unpaired) electrons. The topological polar surface area (TPSA) is 52.6 Å². The summed E-state index contributed by atoms with van der Waals surface area (Å²) >= 11 is 11.8. The standard InChI is InChI=1S/C18H16Cl2O4/c1-11(2)10-23-17(21)12-4-3-5-13(8-12)18(22)24-16-9-14(19)6-7-15(16)20/h3-9,11H,10H2,1-2H3. The van der Waals surface area contributed by atoms with E-state index in [1.807, 2.05) is 13.8 Å². The Morgan fingerprint density at radius 1 is 1.00 bits per heavy atom. The monoisotopic (exact) mass is 366 g/mol. The van der Waals surface area contributed by atoms with Gasteiger partial charge in [-0.15, -0.1) is 0 Å². The SMILES string of the molecule is CC(C)COC(=O)c1cccc(C(=O)Oc2cc(Cl)ccc2Cl)c1. The van der Waals surface area contributed by atoms with E-state index in [-0.39, 0.29) is 27.8 Å². The third kappa shape index (κ3) is 4.98. The van der Waals surface area contributed by atoms with Crippen molar-refractivity contribution in [3.05, 3.63) is 63.6 Å². The first kappa shape index (κ1) is 18.3. The molecule has 0 saturated carbocycles. The number of hydrogen-bond donors (Lipinski definition) is 0. The van der Waals surface area contributed by atoms with Crippen molar-refractivity contribution in [1.82, 2.24) is 0 Å². The number of carbonyl (C=O) groups excluding carboxylic acids is 2. The second-order valence-corrected chi connectivity index (χ2v) is 6.38. The van der Waals surface area contributed by atoms with E-state index in [0.717, 1.165) is 0 Å². The normalized spacial score (nSPS) is 10.5. The van der Waals surface area contributed by atoms with E-state index >= 15 is 0 Å². The third-order valence-electron chi connectivity index (χ3n) is 2.98. The van der Waals surface area contributed by atoms with Crippen molar-refractivity contribution in [3.63, 3.8) is 0 Å². The number of esters is 2. The van der Waals surface area contributed by atoms with E-state index in [1.165, 1.54) is 18.2 Å². The first-order valence-electron chi connectivity index (χ1n) is 7.31. The minimum Gasteiger partial charge on any atom is -0.462 e. The van der Waals surface area contributed by atoms with E-state index < -0.39 is 11.9 Å². The highest BCUT2D eigenvalue weighted by Crippen LogP contribution is 2.28. The van der Waals surface area contributed by atoms with E-state index in [1.54, 1.807) is 24.3 Å². The molecule has 0 fully saturated rings. The molecule has 6 heteroatoms. The fourth-order valence-electron chi connectivity index (χ4n) is 1.81. The Morgan fingerprint density at radius 2 is 1.67 bits per heavy atom. The minimum atomic E-state index is -0.641. The van der Waals surface area contributed by atoms with Crippen LogP contribution in [0, 0.1) is 5.92 Å². The molecule has 0 N–H and O–H groups in total. The van der Waals surface area contributed by atoms with Gasteiger partial charge in [0.05, 0.1) is 22.8 Å². The molecule has 24 heavy (non-hydrogen) atoms. The molecule has 0 saturated heterocycles. The summed E-state index contributed by atoms with van der Waals surface area (Å²) in [5.74, 6) is -0.745. The van der Waals surface area contributed by atoms with Crippen LogP contribution in [-0.4, -0.2) is 18.5 Å². The predicted octanol–water partition coefficient (Wildman–Crippen LogP) is 5.03. The van der Waals surface area contributed by atoms with Gasteiger partial charge < -0.3 is 9.47 Å². The van der Waals surface area contributed by atoms with Gasteiger partial charge in [0.15, 0.2) is 5.75 Å². The summed E-state index contributed by atoms with van der Waals surface area (Å²) in [5.41, 5.74) is 0.493. The van der Waals surface area contributed by atoms with Crippen molar-refractivity contribution in [3.8, 4) is 5.75 Å². The molecule has 0 heterocycles. The lowest BCUT2D eigenvalue weighted by atomic mass is 10.1. The maximum absolute atomic E-state index is 12.2. The van der Waals surface area contributed by atoms with Crippen molar-refractivity contribution >= 4 is 35.1 Å². The number of ether oxygens (including phenoxy) is 2. The van der Waals surface area contributed by atoms with Gasteiger partial charge >= 0.3 is 11.9 Å². The lowest BCUT2D eigenvalue weighted by molar-refractivity contribution is 0.0459. The fraction of sp³-hybridized carbons (Fsp3) is 0.222. The molecule has 2 aromatic carbocycles. The molecule has 0 aliphatic rings. The molecule has 0 aliphatic heterocycles. The van der Waals surface area contributed by atoms with Crippen LogP contribution in [0.4, 0.5) is 0 Å². The lowest BCUT2D eigenvalue weighted by Gasteiger charge is -2.09. The summed E-state index contributed by atoms with van der Waals surface area (Å²) in [6.07, 6.45) is 0. The van der Waals surface area contributed by atoms with Gasteiger partial charge in [-0.05, 0) is 36.2 Å². The Balaban J connectivity index is 2.14. The molecule has 0 aromatic heterocycles. The summed E-state index contributed by atoms with van der Waals surface area (Å²) in [6.45, 7) is 4.19. The Morgan fingerprint density at radius 3 is 2.33 bits per heavy atom. The average molecular weight is 367 g/mol. The zero-order chi connectivity index (χ0) is 17.7. The lowest BCUT2D eigenvalue weighted by Crippen LogP contribution is -2.13. The van der Waals surface area contributed by atoms with Crippen LogP contribution in [0.25, 0.3) is 0 Å². The van der Waals surface area contributed by atoms with Gasteiger partial charge in [-0.3, -0.25) is 0 Å². The highest BCUT2D eigenvalue weighted by molar-refractivity contribution is 6.34. The molecule has 0 spiro atoms. The molecule has 2 rings (SSSR count). The molecular weight excluding hydrogens is 351 g/mol. The first-order chi connectivity index (χ1) is 11.4. The highest BCUT2D eigenvalue weighted by atomic mass is 35.5. The number of carbonyl (C=O) groups is 2. The maximum Gasteiger partial charge on any atom is 0.343 e. The van der Waals surface area contributed by atoms with Crippen LogP contribution in [0.3, 0.4) is 0 Å². The van der Waals surface area contributed by atoms with Crippen LogP contribution in [0.2, 0.25) is 10.0 Å². The maximum atomic E-state index is 12.2. The Kier molecular flexibility index (Phi) is 6.23. The number of hydrogen-bond acceptors (Lipinski definition) is 4. The van der Waals surface area contributed by atoms with E-state index in [4.69, 9.17) is 32.7 Å². The quantitative estimate of drug-likeness (QED) is 0.550. The second kappa shape index (κ2) is 8.18. The van der Waals surface area contributed by atoms with E-state index in [0.29, 0.717) is 11.6 Å². The van der Waals surface area contributed by atoms with Gasteiger partial charge in [-0.25, -0.2) is 9.59 Å². The molecular formula is C18H16Cl2O4. The third-order valence-corrected chi connectivity index (χ3v) is 3.52. The van der Waals surface area contributed by atoms with Crippen LogP contribution in [0.5, 0.6) is 5.75 Å². The molecule has 2 aromatic rings. The largest absolute Gasteiger partial charge is 0.462 e. The van der Waals surface area contributed by atoms with Gasteiger partial charge in [0, 0.05) is 11.1 Å². The van der Waals surface area contributed by atoms with Crippen molar-refractivity contribution < 1.29 is 19.1 Å². The molecule has 0 amide bonds. The molecule has 0 atom stereocenters. The van der Waals surface area contributed by atoms with Crippen LogP contribution >= 0.6 is 23.2 Å². The van der Waals surface area contributed by atoms with Gasteiger partial charge in [0.2, 0.25) is 0 Å². The number of rotatable bonds is 5. The minimum absolute atomic E-state index is 0.155. The zero-order valence-electron chi connectivity index (χ0n) is 13.2. The van der Waals surface area contributed by atoms with Crippen LogP contribution in [0.1, 0.15) is 34.6 Å². The Hall–Kier alpha value is -2.04. The summed E-state index contributed by atoms with van der Waals surface area (Å²) in [4.78, 5) is 24.2. The summed E-state index contributed by atoms with van der Waals surface area (Å²) in [6, 6.07) is 10.7. The molecule has 4 nitrogen and oxygen atoms in total. The van der Waals surface area contributed by atoms with Gasteiger partial charge in [-0.1, -0.05) is 43.1 Å². The molecule has 0 aliphatic carbocycles. The Labute approximate surface area is 150 Å². The van der Waals surface area contributed by atoms with E-state index in [9.17, 15) is 9.59 Å². The number of benzene rings is 2. The molecule has 0 unspecified atom stereocenters. The van der Waals surface area contributed by atoms with Crippen molar-refractivity contribution in [2.24, 2.45) is 5.92 Å². The zero-order valence-corrected chi connectivity index (χ0v) is 14.7. The van der Waals surface area contributed by atoms with Gasteiger partial charge in [0.25, 0.3) is 0 Å². The van der Waals surface area contributed by atoms with Crippen LogP contribution in [-0.2, 0) is 4.74 Å². The second-order valence-electron chi connectivity index (χ2n) is 5.54. The Bertz CT molecular complexity index is 756. The summed E-state index contributed by atoms with van der Waals surface area (Å²) < 4.78 is 10.4. The average Bonchev–Trinajstić information content (AvgIpc) is 2.56. The van der Waals surface area contributed by atoms with Gasteiger partial charge in [0.1, 0.15) is 0 Å².